The fraction of sp³-hybridized carbons (Fsp3) is 0.0606. The van der Waals surface area contributed by atoms with Gasteiger partial charge in [-0.25, -0.2) is 10.2 Å². The summed E-state index contributed by atoms with van der Waals surface area (Å²) in [6.45, 7) is 1.64. The van der Waals surface area contributed by atoms with Crippen molar-refractivity contribution in [3.63, 3.8) is 0 Å². The van der Waals surface area contributed by atoms with Crippen molar-refractivity contribution < 1.29 is 19.1 Å². The van der Waals surface area contributed by atoms with Gasteiger partial charge in [0.15, 0.2) is 6.10 Å². The molecule has 0 aliphatic heterocycles. The average Bonchev–Trinajstić information content (AvgIpc) is 2.98. The minimum Gasteiger partial charge on any atom is -0.481 e. The molecule has 1 atom stereocenters. The third-order valence-corrected chi connectivity index (χ3v) is 6.84. The smallest absolute Gasteiger partial charge is 0.345 e. The van der Waals surface area contributed by atoms with Crippen LogP contribution in [-0.2, 0) is 4.79 Å². The molecule has 0 fully saturated rings. The number of carbonyl (C=O) groups is 2. The fourth-order valence-electron chi connectivity index (χ4n) is 4.17. The Morgan fingerprint density at radius 3 is 2.29 bits per heavy atom. The number of nitrogens with one attached hydrogen (secondary N) is 1. The Morgan fingerprint density at radius 1 is 0.829 bits per heavy atom. The van der Waals surface area contributed by atoms with Gasteiger partial charge in [0.2, 0.25) is 0 Å². The number of rotatable bonds is 8. The first-order valence-corrected chi connectivity index (χ1v) is 13.5. The van der Waals surface area contributed by atoms with E-state index in [2.05, 4.69) is 10.5 Å². The molecule has 0 aromatic heterocycles. The third-order valence-electron chi connectivity index (χ3n) is 6.30. The maximum absolute atomic E-state index is 12.9. The number of nitrogens with zero attached hydrogens (tertiary/aromatic N) is 1. The first-order chi connectivity index (χ1) is 19.9. The molecule has 5 rings (SSSR count). The molecule has 0 heterocycles. The van der Waals surface area contributed by atoms with Gasteiger partial charge >= 0.3 is 5.97 Å². The van der Waals surface area contributed by atoms with E-state index in [1.54, 1.807) is 19.1 Å². The summed E-state index contributed by atoms with van der Waals surface area (Å²) in [5.41, 5.74) is 5.32. The molecule has 6 nitrogen and oxygen atoms in total. The highest BCUT2D eigenvalue weighted by Gasteiger charge is 2.17. The largest absolute Gasteiger partial charge is 0.481 e. The number of halogens is 2. The summed E-state index contributed by atoms with van der Waals surface area (Å²) in [6.07, 6.45) is 0.625. The standard InChI is InChI=1S/C33H24Cl2N2O4/c1-21(40-26-15-11-23(12-16-26)22-7-3-2-4-8-22)32(38)37-36-20-29-27-10-6-5-9-24(27)13-18-31(29)41-33(39)28-17-14-25(34)19-30(28)35/h2-21H,1H3,(H,37,38)/b36-20+. The minimum atomic E-state index is -0.813. The lowest BCUT2D eigenvalue weighted by Gasteiger charge is -2.14. The number of benzene rings is 5. The van der Waals surface area contributed by atoms with E-state index in [1.165, 1.54) is 18.3 Å². The van der Waals surface area contributed by atoms with Gasteiger partial charge in [-0.05, 0) is 65.2 Å². The van der Waals surface area contributed by atoms with E-state index in [-0.39, 0.29) is 16.3 Å². The van der Waals surface area contributed by atoms with Crippen LogP contribution in [0.2, 0.25) is 10.0 Å². The Hall–Kier alpha value is -4.65. The highest BCUT2D eigenvalue weighted by Crippen LogP contribution is 2.29. The SMILES string of the molecule is CC(Oc1ccc(-c2ccccc2)cc1)C(=O)N/N=C/c1c(OC(=O)c2ccc(Cl)cc2Cl)ccc2ccccc12. The predicted molar refractivity (Wildman–Crippen MR) is 163 cm³/mol. The zero-order chi connectivity index (χ0) is 28.8. The van der Waals surface area contributed by atoms with E-state index in [0.717, 1.165) is 21.9 Å². The van der Waals surface area contributed by atoms with Crippen molar-refractivity contribution in [1.82, 2.24) is 5.43 Å². The second-order valence-corrected chi connectivity index (χ2v) is 9.94. The summed E-state index contributed by atoms with van der Waals surface area (Å²) < 4.78 is 11.5. The molecule has 41 heavy (non-hydrogen) atoms. The second-order valence-electron chi connectivity index (χ2n) is 9.10. The van der Waals surface area contributed by atoms with Gasteiger partial charge in [0.1, 0.15) is 11.5 Å². The summed E-state index contributed by atoms with van der Waals surface area (Å²) in [5, 5.41) is 6.40. The molecule has 5 aromatic rings. The topological polar surface area (TPSA) is 77.0 Å². The van der Waals surface area contributed by atoms with E-state index in [0.29, 0.717) is 16.3 Å². The van der Waals surface area contributed by atoms with Crippen molar-refractivity contribution in [2.45, 2.75) is 13.0 Å². The Morgan fingerprint density at radius 2 is 1.54 bits per heavy atom. The van der Waals surface area contributed by atoms with Crippen molar-refractivity contribution in [2.24, 2.45) is 5.10 Å². The quantitative estimate of drug-likeness (QED) is 0.0871. The van der Waals surface area contributed by atoms with Gasteiger partial charge in [-0.15, -0.1) is 0 Å². The molecule has 1 unspecified atom stereocenters. The summed E-state index contributed by atoms with van der Waals surface area (Å²) in [4.78, 5) is 25.6. The fourth-order valence-corrected chi connectivity index (χ4v) is 4.66. The lowest BCUT2D eigenvalue weighted by Crippen LogP contribution is -2.33. The Kier molecular flexibility index (Phi) is 8.63. The monoisotopic (exact) mass is 582 g/mol. The first kappa shape index (κ1) is 27.9. The normalized spacial score (nSPS) is 11.8. The lowest BCUT2D eigenvalue weighted by molar-refractivity contribution is -0.127. The highest BCUT2D eigenvalue weighted by atomic mass is 35.5. The van der Waals surface area contributed by atoms with E-state index >= 15 is 0 Å². The lowest BCUT2D eigenvalue weighted by atomic mass is 10.0. The van der Waals surface area contributed by atoms with Crippen LogP contribution in [0.1, 0.15) is 22.8 Å². The van der Waals surface area contributed by atoms with Gasteiger partial charge in [-0.1, -0.05) is 96.0 Å². The molecule has 0 spiro atoms. The van der Waals surface area contributed by atoms with E-state index in [1.807, 2.05) is 84.9 Å². The van der Waals surface area contributed by atoms with Crippen molar-refractivity contribution in [3.8, 4) is 22.6 Å². The number of carbonyl (C=O) groups excluding carboxylic acids is 2. The molecule has 0 aliphatic rings. The zero-order valence-corrected chi connectivity index (χ0v) is 23.4. The Balaban J connectivity index is 1.29. The molecule has 1 N–H and O–H groups in total. The van der Waals surface area contributed by atoms with Gasteiger partial charge in [0, 0.05) is 10.6 Å². The number of hydrogen-bond donors (Lipinski definition) is 1. The van der Waals surface area contributed by atoms with Gasteiger partial charge in [0.05, 0.1) is 16.8 Å². The molecule has 0 bridgehead atoms. The van der Waals surface area contributed by atoms with Crippen molar-refractivity contribution in [2.75, 3.05) is 0 Å². The summed E-state index contributed by atoms with van der Waals surface area (Å²) in [5.74, 6) is -0.290. The maximum Gasteiger partial charge on any atom is 0.345 e. The number of hydrazone groups is 1. The van der Waals surface area contributed by atoms with E-state index in [9.17, 15) is 9.59 Å². The average molecular weight is 583 g/mol. The Labute approximate surface area is 247 Å². The minimum absolute atomic E-state index is 0.170. The Bertz CT molecular complexity index is 1740. The molecular formula is C33H24Cl2N2O4. The van der Waals surface area contributed by atoms with E-state index in [4.69, 9.17) is 32.7 Å². The summed E-state index contributed by atoms with van der Waals surface area (Å²) in [7, 11) is 0. The van der Waals surface area contributed by atoms with Crippen molar-refractivity contribution >= 4 is 52.1 Å². The first-order valence-electron chi connectivity index (χ1n) is 12.7. The van der Waals surface area contributed by atoms with Crippen LogP contribution in [0.3, 0.4) is 0 Å². The zero-order valence-electron chi connectivity index (χ0n) is 21.9. The maximum atomic E-state index is 12.9. The van der Waals surface area contributed by atoms with Crippen LogP contribution in [0.15, 0.2) is 114 Å². The van der Waals surface area contributed by atoms with Crippen LogP contribution in [0.25, 0.3) is 21.9 Å². The summed E-state index contributed by atoms with van der Waals surface area (Å²) >= 11 is 12.2. The van der Waals surface area contributed by atoms with Crippen LogP contribution in [-0.4, -0.2) is 24.2 Å². The number of amides is 1. The molecule has 0 aliphatic carbocycles. The van der Waals surface area contributed by atoms with Crippen LogP contribution in [0.4, 0.5) is 0 Å². The van der Waals surface area contributed by atoms with Gasteiger partial charge in [-0.3, -0.25) is 4.79 Å². The molecule has 0 saturated heterocycles. The second kappa shape index (κ2) is 12.7. The van der Waals surface area contributed by atoms with E-state index < -0.39 is 18.0 Å². The molecule has 1 amide bonds. The van der Waals surface area contributed by atoms with Crippen molar-refractivity contribution in [3.05, 3.63) is 130 Å². The highest BCUT2D eigenvalue weighted by molar-refractivity contribution is 6.36. The van der Waals surface area contributed by atoms with Gasteiger partial charge < -0.3 is 9.47 Å². The molecule has 0 radical (unpaired) electrons. The number of hydrogen-bond acceptors (Lipinski definition) is 5. The number of fused-ring (bicyclic) bond motifs is 1. The van der Waals surface area contributed by atoms with Crippen LogP contribution in [0.5, 0.6) is 11.5 Å². The van der Waals surface area contributed by atoms with Gasteiger partial charge in [-0.2, -0.15) is 5.10 Å². The molecule has 5 aromatic carbocycles. The predicted octanol–water partition coefficient (Wildman–Crippen LogP) is 7.95. The third kappa shape index (κ3) is 6.74. The molecular weight excluding hydrogens is 559 g/mol. The number of ether oxygens (including phenoxy) is 2. The molecule has 0 saturated carbocycles. The number of esters is 1. The molecule has 204 valence electrons. The molecule has 8 heteroatoms. The summed E-state index contributed by atoms with van der Waals surface area (Å²) in [6, 6.07) is 33.1. The van der Waals surface area contributed by atoms with Gasteiger partial charge in [0.25, 0.3) is 5.91 Å². The van der Waals surface area contributed by atoms with Crippen molar-refractivity contribution in [1.29, 1.82) is 0 Å². The van der Waals surface area contributed by atoms with Crippen LogP contribution >= 0.6 is 23.2 Å². The van der Waals surface area contributed by atoms with Crippen LogP contribution < -0.4 is 14.9 Å². The van der Waals surface area contributed by atoms with Crippen LogP contribution in [0, 0.1) is 0 Å².